The molecule has 1 heterocycles. The second-order valence-corrected chi connectivity index (χ2v) is 5.92. The van der Waals surface area contributed by atoms with E-state index in [0.29, 0.717) is 0 Å². The number of alkyl halides is 3. The Morgan fingerprint density at radius 1 is 1.47 bits per heavy atom. The van der Waals surface area contributed by atoms with E-state index < -0.39 is 28.7 Å². The molecule has 1 rings (SSSR count). The second-order valence-electron chi connectivity index (χ2n) is 4.27. The van der Waals surface area contributed by atoms with Crippen molar-refractivity contribution in [2.75, 3.05) is 5.73 Å². The number of aryl methyl sites for hydroxylation is 1. The van der Waals surface area contributed by atoms with Crippen molar-refractivity contribution in [3.05, 3.63) is 5.69 Å². The maximum Gasteiger partial charge on any atom is 0.390 e. The van der Waals surface area contributed by atoms with Crippen molar-refractivity contribution >= 4 is 15.8 Å². The van der Waals surface area contributed by atoms with Gasteiger partial charge in [0.2, 0.25) is 10.0 Å². The van der Waals surface area contributed by atoms with E-state index in [1.807, 2.05) is 4.72 Å². The molecule has 0 spiro atoms. The SMILES string of the molecule is Cc1c(S(=O)(=O)NC(C)CC(F)(F)F)c(N)nn1C. The summed E-state index contributed by atoms with van der Waals surface area (Å²) in [5.74, 6) is -0.244. The van der Waals surface area contributed by atoms with Gasteiger partial charge < -0.3 is 5.73 Å². The highest BCUT2D eigenvalue weighted by atomic mass is 32.2. The number of nitrogens with two attached hydrogens (primary N) is 1. The first-order chi connectivity index (χ1) is 8.44. The number of anilines is 1. The van der Waals surface area contributed by atoms with Gasteiger partial charge in [0, 0.05) is 13.1 Å². The van der Waals surface area contributed by atoms with Crippen LogP contribution >= 0.6 is 0 Å². The van der Waals surface area contributed by atoms with Gasteiger partial charge in [-0.2, -0.15) is 18.3 Å². The molecule has 0 aromatic carbocycles. The Balaban J connectivity index is 3.00. The molecule has 0 saturated heterocycles. The van der Waals surface area contributed by atoms with Crippen molar-refractivity contribution in [1.82, 2.24) is 14.5 Å². The minimum atomic E-state index is -4.45. The van der Waals surface area contributed by atoms with E-state index in [4.69, 9.17) is 5.73 Å². The van der Waals surface area contributed by atoms with E-state index >= 15 is 0 Å². The van der Waals surface area contributed by atoms with Crippen molar-refractivity contribution in [1.29, 1.82) is 0 Å². The minimum Gasteiger partial charge on any atom is -0.381 e. The molecule has 0 aliphatic rings. The van der Waals surface area contributed by atoms with Crippen molar-refractivity contribution in [2.45, 2.75) is 37.4 Å². The van der Waals surface area contributed by atoms with Crippen molar-refractivity contribution in [3.63, 3.8) is 0 Å². The summed E-state index contributed by atoms with van der Waals surface area (Å²) in [4.78, 5) is -0.288. The van der Waals surface area contributed by atoms with Crippen molar-refractivity contribution in [3.8, 4) is 0 Å². The smallest absolute Gasteiger partial charge is 0.381 e. The van der Waals surface area contributed by atoms with Gasteiger partial charge in [-0.15, -0.1) is 0 Å². The van der Waals surface area contributed by atoms with Gasteiger partial charge in [0.25, 0.3) is 0 Å². The Morgan fingerprint density at radius 2 is 2.00 bits per heavy atom. The first-order valence-electron chi connectivity index (χ1n) is 5.32. The lowest BCUT2D eigenvalue weighted by atomic mass is 10.2. The van der Waals surface area contributed by atoms with Crippen molar-refractivity contribution < 1.29 is 21.6 Å². The van der Waals surface area contributed by atoms with E-state index in [0.717, 1.165) is 6.92 Å². The molecule has 1 aromatic rings. The van der Waals surface area contributed by atoms with Crippen LogP contribution in [0, 0.1) is 6.92 Å². The van der Waals surface area contributed by atoms with Gasteiger partial charge in [-0.25, -0.2) is 13.1 Å². The Bertz CT molecular complexity index is 565. The normalized spacial score (nSPS) is 14.6. The number of nitrogens with zero attached hydrogens (tertiary/aromatic N) is 2. The van der Waals surface area contributed by atoms with Crippen LogP contribution in [-0.4, -0.2) is 30.4 Å². The van der Waals surface area contributed by atoms with Gasteiger partial charge in [-0.1, -0.05) is 0 Å². The first-order valence-corrected chi connectivity index (χ1v) is 6.80. The summed E-state index contributed by atoms with van der Waals surface area (Å²) in [5, 5.41) is 3.71. The number of sulfonamides is 1. The molecule has 0 aliphatic heterocycles. The molecular weight excluding hydrogens is 285 g/mol. The monoisotopic (exact) mass is 300 g/mol. The van der Waals surface area contributed by atoms with Crippen molar-refractivity contribution in [2.24, 2.45) is 7.05 Å². The zero-order chi connectivity index (χ0) is 15.0. The van der Waals surface area contributed by atoms with Gasteiger partial charge >= 0.3 is 6.18 Å². The zero-order valence-electron chi connectivity index (χ0n) is 10.6. The molecule has 0 bridgehead atoms. The highest BCUT2D eigenvalue weighted by Gasteiger charge is 2.33. The zero-order valence-corrected chi connectivity index (χ0v) is 11.4. The summed E-state index contributed by atoms with van der Waals surface area (Å²) in [6, 6.07) is -1.29. The maximum absolute atomic E-state index is 12.2. The first kappa shape index (κ1) is 15.8. The summed E-state index contributed by atoms with van der Waals surface area (Å²) in [6.45, 7) is 2.60. The third-order valence-electron chi connectivity index (χ3n) is 2.47. The Morgan fingerprint density at radius 3 is 2.37 bits per heavy atom. The average molecular weight is 300 g/mol. The molecule has 3 N–H and O–H groups in total. The molecule has 0 radical (unpaired) electrons. The highest BCUT2D eigenvalue weighted by Crippen LogP contribution is 2.24. The van der Waals surface area contributed by atoms with E-state index in [2.05, 4.69) is 5.10 Å². The van der Waals surface area contributed by atoms with E-state index in [1.54, 1.807) is 0 Å². The lowest BCUT2D eigenvalue weighted by Gasteiger charge is -2.15. The summed E-state index contributed by atoms with van der Waals surface area (Å²) >= 11 is 0. The average Bonchev–Trinajstić information content (AvgIpc) is 2.35. The molecule has 110 valence electrons. The largest absolute Gasteiger partial charge is 0.390 e. The van der Waals surface area contributed by atoms with Gasteiger partial charge in [-0.3, -0.25) is 4.68 Å². The molecule has 0 fully saturated rings. The molecule has 0 saturated carbocycles. The third-order valence-corrected chi connectivity index (χ3v) is 4.22. The maximum atomic E-state index is 12.2. The highest BCUT2D eigenvalue weighted by molar-refractivity contribution is 7.89. The number of hydrogen-bond acceptors (Lipinski definition) is 4. The van der Waals surface area contributed by atoms with Crippen LogP contribution in [0.3, 0.4) is 0 Å². The number of rotatable bonds is 4. The number of aromatic nitrogens is 2. The van der Waals surface area contributed by atoms with Gasteiger partial charge in [0.05, 0.1) is 12.1 Å². The summed E-state index contributed by atoms with van der Waals surface area (Å²) in [6.07, 6.45) is -5.71. The van der Waals surface area contributed by atoms with Crippen LogP contribution in [0.25, 0.3) is 0 Å². The summed E-state index contributed by atoms with van der Waals surface area (Å²) < 4.78 is 63.6. The molecule has 1 unspecified atom stereocenters. The van der Waals surface area contributed by atoms with Gasteiger partial charge in [0.15, 0.2) is 5.82 Å². The van der Waals surface area contributed by atoms with Crippen LogP contribution < -0.4 is 10.5 Å². The van der Waals surface area contributed by atoms with Crippen LogP contribution in [0.2, 0.25) is 0 Å². The van der Waals surface area contributed by atoms with Crippen LogP contribution in [0.15, 0.2) is 4.90 Å². The Hall–Kier alpha value is -1.29. The van der Waals surface area contributed by atoms with E-state index in [-0.39, 0.29) is 16.4 Å². The quantitative estimate of drug-likeness (QED) is 0.865. The Labute approximate surface area is 108 Å². The minimum absolute atomic E-state index is 0.244. The second kappa shape index (κ2) is 5.00. The van der Waals surface area contributed by atoms with Gasteiger partial charge in [0.1, 0.15) is 4.90 Å². The third kappa shape index (κ3) is 3.83. The number of halogens is 3. The van der Waals surface area contributed by atoms with Crippen LogP contribution in [-0.2, 0) is 17.1 Å². The molecule has 0 aliphatic carbocycles. The predicted octanol–water partition coefficient (Wildman–Crippen LogP) is 0.930. The summed E-state index contributed by atoms with van der Waals surface area (Å²) in [5.41, 5.74) is 5.71. The predicted molar refractivity (Wildman–Crippen MR) is 62.8 cm³/mol. The van der Waals surface area contributed by atoms with Crippen LogP contribution in [0.5, 0.6) is 0 Å². The molecule has 1 aromatic heterocycles. The lowest BCUT2D eigenvalue weighted by Crippen LogP contribution is -2.36. The lowest BCUT2D eigenvalue weighted by molar-refractivity contribution is -0.137. The van der Waals surface area contributed by atoms with Crippen LogP contribution in [0.1, 0.15) is 19.0 Å². The molecule has 10 heteroatoms. The molecule has 0 amide bonds. The van der Waals surface area contributed by atoms with Crippen LogP contribution in [0.4, 0.5) is 19.0 Å². The Kier molecular flexibility index (Phi) is 4.15. The summed E-state index contributed by atoms with van der Waals surface area (Å²) in [7, 11) is -2.64. The molecular formula is C9H15F3N4O2S. The number of nitrogen functional groups attached to an aromatic ring is 1. The number of nitrogens with one attached hydrogen (secondary N) is 1. The van der Waals surface area contributed by atoms with Gasteiger partial charge in [-0.05, 0) is 13.8 Å². The molecule has 6 nitrogen and oxygen atoms in total. The van der Waals surface area contributed by atoms with E-state index in [9.17, 15) is 21.6 Å². The fraction of sp³-hybridized carbons (Fsp3) is 0.667. The van der Waals surface area contributed by atoms with E-state index in [1.165, 1.54) is 18.7 Å². The molecule has 19 heavy (non-hydrogen) atoms. The number of hydrogen-bond donors (Lipinski definition) is 2. The molecule has 1 atom stereocenters. The topological polar surface area (TPSA) is 90.0 Å². The fourth-order valence-corrected chi connectivity index (χ4v) is 3.23. The standard InChI is InChI=1S/C9H15F3N4O2S/c1-5(4-9(10,11)12)15-19(17,18)7-6(2)16(3)14-8(7)13/h5,15H,4H2,1-3H3,(H2,13,14). The fourth-order valence-electron chi connectivity index (χ4n) is 1.66.